The van der Waals surface area contributed by atoms with E-state index in [4.69, 9.17) is 0 Å². The first-order valence-electron chi connectivity index (χ1n) is 4.74. The van der Waals surface area contributed by atoms with Crippen LogP contribution in [0, 0.1) is 0 Å². The van der Waals surface area contributed by atoms with Crippen molar-refractivity contribution >= 4 is 15.9 Å². The second-order valence-electron chi connectivity index (χ2n) is 4.41. The molecule has 0 spiro atoms. The highest BCUT2D eigenvalue weighted by Crippen LogP contribution is 2.27. The molecule has 0 bridgehead atoms. The molecule has 0 fully saturated rings. The first-order chi connectivity index (χ1) is 5.95. The summed E-state index contributed by atoms with van der Waals surface area (Å²) in [7, 11) is 0. The Balaban J connectivity index is 3.10. The van der Waals surface area contributed by atoms with Crippen LogP contribution in [0.2, 0.25) is 0 Å². The molecule has 0 atom stereocenters. The third-order valence-corrected chi connectivity index (χ3v) is 3.04. The standard InChI is InChI=1S/C12H17Br/c1-5-9-6-7-10(8-11(9)13)12(2,3)4/h6-8H,5H2,1-4H3. The van der Waals surface area contributed by atoms with Gasteiger partial charge in [0.25, 0.3) is 0 Å². The van der Waals surface area contributed by atoms with E-state index in [0.29, 0.717) is 0 Å². The number of halogens is 1. The third-order valence-electron chi connectivity index (χ3n) is 2.30. The van der Waals surface area contributed by atoms with Crippen molar-refractivity contribution in [3.8, 4) is 0 Å². The Labute approximate surface area is 89.5 Å². The first-order valence-corrected chi connectivity index (χ1v) is 5.53. The average molecular weight is 241 g/mol. The van der Waals surface area contributed by atoms with Gasteiger partial charge in [0.05, 0.1) is 0 Å². The fraction of sp³-hybridized carbons (Fsp3) is 0.500. The van der Waals surface area contributed by atoms with Crippen molar-refractivity contribution in [1.29, 1.82) is 0 Å². The van der Waals surface area contributed by atoms with Crippen molar-refractivity contribution in [2.75, 3.05) is 0 Å². The van der Waals surface area contributed by atoms with Crippen LogP contribution < -0.4 is 0 Å². The van der Waals surface area contributed by atoms with E-state index in [2.05, 4.69) is 61.8 Å². The lowest BCUT2D eigenvalue weighted by Gasteiger charge is -2.19. The monoisotopic (exact) mass is 240 g/mol. The Hall–Kier alpha value is -0.300. The third kappa shape index (κ3) is 2.57. The minimum Gasteiger partial charge on any atom is -0.0613 e. The average Bonchev–Trinajstić information content (AvgIpc) is 2.02. The second-order valence-corrected chi connectivity index (χ2v) is 5.26. The summed E-state index contributed by atoms with van der Waals surface area (Å²) in [6.07, 6.45) is 1.09. The fourth-order valence-corrected chi connectivity index (χ4v) is 1.96. The van der Waals surface area contributed by atoms with Crippen LogP contribution in [0.1, 0.15) is 38.8 Å². The molecule has 0 unspecified atom stereocenters. The molecule has 0 nitrogen and oxygen atoms in total. The van der Waals surface area contributed by atoms with E-state index in [1.54, 1.807) is 0 Å². The summed E-state index contributed by atoms with van der Waals surface area (Å²) in [5.41, 5.74) is 3.01. The molecule has 0 saturated carbocycles. The molecular weight excluding hydrogens is 224 g/mol. The number of benzene rings is 1. The Morgan fingerprint density at radius 1 is 1.23 bits per heavy atom. The summed E-state index contributed by atoms with van der Waals surface area (Å²) in [6, 6.07) is 6.67. The Bertz CT molecular complexity index is 294. The molecule has 72 valence electrons. The molecule has 0 aliphatic heterocycles. The fourth-order valence-electron chi connectivity index (χ4n) is 1.30. The van der Waals surface area contributed by atoms with Gasteiger partial charge in [0.1, 0.15) is 0 Å². The van der Waals surface area contributed by atoms with E-state index in [-0.39, 0.29) is 5.41 Å². The summed E-state index contributed by atoms with van der Waals surface area (Å²) in [4.78, 5) is 0. The molecule has 0 aromatic heterocycles. The molecule has 13 heavy (non-hydrogen) atoms. The van der Waals surface area contributed by atoms with Gasteiger partial charge in [0, 0.05) is 4.47 Å². The summed E-state index contributed by atoms with van der Waals surface area (Å²) in [5.74, 6) is 0. The molecule has 1 heteroatoms. The van der Waals surface area contributed by atoms with Crippen LogP contribution in [0.25, 0.3) is 0 Å². The van der Waals surface area contributed by atoms with Crippen LogP contribution in [0.3, 0.4) is 0 Å². The lowest BCUT2D eigenvalue weighted by atomic mass is 9.86. The van der Waals surface area contributed by atoms with Gasteiger partial charge in [0.2, 0.25) is 0 Å². The van der Waals surface area contributed by atoms with Crippen LogP contribution in [-0.2, 0) is 11.8 Å². The molecule has 0 N–H and O–H groups in total. The first kappa shape index (κ1) is 10.8. The van der Waals surface area contributed by atoms with Crippen molar-refractivity contribution in [3.63, 3.8) is 0 Å². The molecule has 1 rings (SSSR count). The molecule has 1 aromatic carbocycles. The molecule has 0 saturated heterocycles. The van der Waals surface area contributed by atoms with Crippen molar-refractivity contribution in [3.05, 3.63) is 33.8 Å². The van der Waals surface area contributed by atoms with Gasteiger partial charge in [-0.15, -0.1) is 0 Å². The predicted octanol–water partition coefficient (Wildman–Crippen LogP) is 4.31. The lowest BCUT2D eigenvalue weighted by molar-refractivity contribution is 0.589. The van der Waals surface area contributed by atoms with Crippen LogP contribution in [0.5, 0.6) is 0 Å². The van der Waals surface area contributed by atoms with E-state index >= 15 is 0 Å². The Morgan fingerprint density at radius 2 is 1.85 bits per heavy atom. The predicted molar refractivity (Wildman–Crippen MR) is 62.2 cm³/mol. The zero-order chi connectivity index (χ0) is 10.1. The minimum absolute atomic E-state index is 0.245. The summed E-state index contributed by atoms with van der Waals surface area (Å²) in [6.45, 7) is 8.89. The lowest BCUT2D eigenvalue weighted by Crippen LogP contribution is -2.11. The maximum atomic E-state index is 3.60. The summed E-state index contributed by atoms with van der Waals surface area (Å²) in [5, 5.41) is 0. The largest absolute Gasteiger partial charge is 0.0613 e. The molecule has 0 radical (unpaired) electrons. The molecule has 0 heterocycles. The van der Waals surface area contributed by atoms with Crippen molar-refractivity contribution in [1.82, 2.24) is 0 Å². The van der Waals surface area contributed by atoms with Crippen molar-refractivity contribution in [2.45, 2.75) is 39.5 Å². The van der Waals surface area contributed by atoms with Crippen LogP contribution in [0.4, 0.5) is 0 Å². The number of hydrogen-bond acceptors (Lipinski definition) is 0. The molecule has 0 aliphatic rings. The number of rotatable bonds is 1. The van der Waals surface area contributed by atoms with E-state index in [9.17, 15) is 0 Å². The minimum atomic E-state index is 0.245. The van der Waals surface area contributed by atoms with Gasteiger partial charge in [0.15, 0.2) is 0 Å². The van der Waals surface area contributed by atoms with E-state index in [0.717, 1.165) is 6.42 Å². The number of aryl methyl sites for hydroxylation is 1. The Kier molecular flexibility index (Phi) is 3.18. The zero-order valence-electron chi connectivity index (χ0n) is 8.82. The molecule has 1 aromatic rings. The van der Waals surface area contributed by atoms with Gasteiger partial charge in [-0.3, -0.25) is 0 Å². The highest BCUT2D eigenvalue weighted by atomic mass is 79.9. The Morgan fingerprint density at radius 3 is 2.23 bits per heavy atom. The maximum Gasteiger partial charge on any atom is 0.0210 e. The van der Waals surface area contributed by atoms with E-state index < -0.39 is 0 Å². The van der Waals surface area contributed by atoms with Gasteiger partial charge in [-0.25, -0.2) is 0 Å². The highest BCUT2D eigenvalue weighted by molar-refractivity contribution is 9.10. The summed E-state index contributed by atoms with van der Waals surface area (Å²) < 4.78 is 1.24. The highest BCUT2D eigenvalue weighted by Gasteiger charge is 2.14. The van der Waals surface area contributed by atoms with Gasteiger partial charge < -0.3 is 0 Å². The van der Waals surface area contributed by atoms with E-state index in [1.165, 1.54) is 15.6 Å². The quantitative estimate of drug-likeness (QED) is 0.687. The topological polar surface area (TPSA) is 0 Å². The van der Waals surface area contributed by atoms with Crippen molar-refractivity contribution < 1.29 is 0 Å². The molecular formula is C12H17Br. The normalized spacial score (nSPS) is 11.8. The SMILES string of the molecule is CCc1ccc(C(C)(C)C)cc1Br. The molecule has 0 amide bonds. The smallest absolute Gasteiger partial charge is 0.0210 e. The van der Waals surface area contributed by atoms with Crippen LogP contribution in [-0.4, -0.2) is 0 Å². The second kappa shape index (κ2) is 3.83. The van der Waals surface area contributed by atoms with E-state index in [1.807, 2.05) is 0 Å². The van der Waals surface area contributed by atoms with Gasteiger partial charge in [-0.1, -0.05) is 55.8 Å². The molecule has 0 aliphatic carbocycles. The van der Waals surface area contributed by atoms with Gasteiger partial charge in [-0.05, 0) is 29.0 Å². The summed E-state index contributed by atoms with van der Waals surface area (Å²) >= 11 is 3.60. The van der Waals surface area contributed by atoms with Crippen LogP contribution in [0.15, 0.2) is 22.7 Å². The number of hydrogen-bond donors (Lipinski definition) is 0. The zero-order valence-corrected chi connectivity index (χ0v) is 10.4. The van der Waals surface area contributed by atoms with Gasteiger partial charge in [-0.2, -0.15) is 0 Å². The van der Waals surface area contributed by atoms with Crippen molar-refractivity contribution in [2.24, 2.45) is 0 Å². The maximum absolute atomic E-state index is 3.60. The van der Waals surface area contributed by atoms with Gasteiger partial charge >= 0.3 is 0 Å². The van der Waals surface area contributed by atoms with Crippen LogP contribution >= 0.6 is 15.9 Å².